The number of rotatable bonds is 46. The van der Waals surface area contributed by atoms with Crippen LogP contribution in [0.15, 0.2) is 65.1 Å². The van der Waals surface area contributed by atoms with Gasteiger partial charge in [0.2, 0.25) is 82.5 Å². The Bertz CT molecular complexity index is 4480. The summed E-state index contributed by atoms with van der Waals surface area (Å²) in [4.78, 5) is 214. The van der Waals surface area contributed by atoms with E-state index in [9.17, 15) is 82.1 Å². The number of nitrogens with one attached hydrogen (secondary N) is 13. The molecule has 0 bridgehead atoms. The van der Waals surface area contributed by atoms with E-state index in [4.69, 9.17) is 47.1 Å². The first-order chi connectivity index (χ1) is 58.7. The average molecular weight is 1770 g/mol. The number of carbonyl (C=O) groups excluding carboxylic acids is 14. The maximum Gasteiger partial charge on any atom is 0.305 e. The van der Waals surface area contributed by atoms with Gasteiger partial charge >= 0.3 is 5.97 Å². The topological polar surface area (TPSA) is 567 Å². The third kappa shape index (κ3) is 28.5. The zero-order chi connectivity index (χ0) is 91.5. The van der Waals surface area contributed by atoms with E-state index in [1.165, 1.54) is 45.0 Å². The second-order valence-electron chi connectivity index (χ2n) is 31.9. The second kappa shape index (κ2) is 47.4. The number of amides is 14. The number of nitrogens with zero attached hydrogens (tertiary/aromatic N) is 3. The molecule has 4 heterocycles. The van der Waals surface area contributed by atoms with Crippen molar-refractivity contribution >= 4 is 130 Å². The van der Waals surface area contributed by atoms with Gasteiger partial charge in [0, 0.05) is 73.3 Å². The Kier molecular flexibility index (Phi) is 38.0. The fraction of sp³-hybridized carbons (Fsp3) is 0.566. The normalized spacial score (nSPS) is 18.0. The molecule has 4 aromatic rings. The molecule has 14 amide bonds. The van der Waals surface area contributed by atoms with Crippen LogP contribution in [0, 0.1) is 24.2 Å². The molecule has 3 aliphatic heterocycles. The number of fused-ring (bicyclic) bond motifs is 1. The Morgan fingerprint density at radius 2 is 1.13 bits per heavy atom. The number of likely N-dealkylation sites (tertiary alicyclic amines) is 3. The Labute approximate surface area is 729 Å². The molecule has 3 fully saturated rings. The monoisotopic (exact) mass is 1770 g/mol. The Morgan fingerprint density at radius 3 is 1.70 bits per heavy atom. The van der Waals surface area contributed by atoms with E-state index < -0.39 is 193 Å². The molecule has 124 heavy (non-hydrogen) atoms. The number of hydrogen-bond donors (Lipinski definition) is 18. The maximum absolute atomic E-state index is 15.0. The van der Waals surface area contributed by atoms with Gasteiger partial charge < -0.3 is 113 Å². The van der Waals surface area contributed by atoms with E-state index in [1.807, 2.05) is 13.8 Å². The van der Waals surface area contributed by atoms with Gasteiger partial charge in [-0.15, -0.1) is 0 Å². The molecule has 3 aromatic carbocycles. The molecule has 14 atom stereocenters. The number of hydrogen-bond acceptors (Lipinski definition) is 23. The number of carboxylic acid groups (broad SMARTS) is 1. The number of guanidine groups is 1. The summed E-state index contributed by atoms with van der Waals surface area (Å²) in [6.07, 6.45) is -0.622. The molecule has 3 saturated heterocycles. The standard InChI is InChI=1S/C83H119ClN18O21S/c1-42(2)35-56(97-79(116)67-44(5)53-29-30-63(121-10)69(122-11)68(53)123-67)73(110)91-45(6)71(108)98-59(37-49-23-27-52(120-9)28-24-49)81(118)101-34-16-20-61(101)77(114)96-58(39-65(105)106)74(111)92-46(7)72(109)99-66(43(3)4)82(119)102-41-51(103)38-62(102)78(115)95-57(36-48-21-25-50(84)26-22-48)75(112)94-55(18-14-32-89-83(86)87)80(117)100-33-15-19-60(100)76(113)90-40-64(104)88-31-13-12-17-54(70(85)107)93-47(8)124/h21-30,42-43,45-47,51,54-62,66,93,103,124H,12-20,31-41H2,1-11H3,(H2,85,107)(H,88,104)(H,90,113)(H,91,110)(H,92,111)(H,94,112)(H,95,115)(H,96,114)(H,97,116)(H,98,108)(H,99,109)(H,105,106)(H4,86,87,89)/t45-,46-,47?,51+,54?,55-,56-,57-,58-,59-,60-,61-,62-,66-/m0/s1. The number of thiol groups is 1. The summed E-state index contributed by atoms with van der Waals surface area (Å²) in [7, 11) is 4.33. The Morgan fingerprint density at radius 1 is 0.581 bits per heavy atom. The molecular weight excluding hydrogens is 1650 g/mol. The highest BCUT2D eigenvalue weighted by Crippen LogP contribution is 2.39. The predicted molar refractivity (Wildman–Crippen MR) is 458 cm³/mol. The number of furan rings is 1. The van der Waals surface area contributed by atoms with Gasteiger partial charge in [0.15, 0.2) is 23.1 Å². The number of halogens is 1. The molecule has 0 saturated carbocycles. The Balaban J connectivity index is 1.00. The van der Waals surface area contributed by atoms with Crippen LogP contribution < -0.4 is 89.5 Å². The van der Waals surface area contributed by atoms with Crippen molar-refractivity contribution in [2.24, 2.45) is 23.3 Å². The van der Waals surface area contributed by atoms with E-state index in [0.717, 1.165) is 4.90 Å². The number of ether oxygens (including phenoxy) is 3. The van der Waals surface area contributed by atoms with Crippen LogP contribution in [0.4, 0.5) is 0 Å². The van der Waals surface area contributed by atoms with Crippen LogP contribution in [0.25, 0.3) is 11.0 Å². The lowest BCUT2D eigenvalue weighted by Crippen LogP contribution is -2.61. The van der Waals surface area contributed by atoms with Crippen LogP contribution in [-0.4, -0.2) is 264 Å². The van der Waals surface area contributed by atoms with Crippen LogP contribution in [0.1, 0.15) is 153 Å². The van der Waals surface area contributed by atoms with Crippen molar-refractivity contribution in [1.29, 1.82) is 5.41 Å². The first-order valence-corrected chi connectivity index (χ1v) is 42.3. The number of primary amides is 1. The van der Waals surface area contributed by atoms with Crippen molar-refractivity contribution in [2.45, 2.75) is 229 Å². The van der Waals surface area contributed by atoms with Crippen LogP contribution in [-0.2, 0) is 80.0 Å². The van der Waals surface area contributed by atoms with E-state index in [1.54, 1.807) is 88.4 Å². The molecule has 0 aliphatic carbocycles. The number of methoxy groups -OCH3 is 3. The number of aliphatic carboxylic acids is 1. The molecule has 7 rings (SSSR count). The van der Waals surface area contributed by atoms with E-state index in [2.05, 4.69) is 76.4 Å². The van der Waals surface area contributed by atoms with Crippen LogP contribution in [0.2, 0.25) is 5.02 Å². The van der Waals surface area contributed by atoms with Crippen molar-refractivity contribution in [3.63, 3.8) is 0 Å². The number of aliphatic hydroxyl groups excluding tert-OH is 1. The van der Waals surface area contributed by atoms with Gasteiger partial charge in [-0.1, -0.05) is 63.6 Å². The smallest absolute Gasteiger partial charge is 0.305 e. The number of aryl methyl sites for hydroxylation is 1. The first kappa shape index (κ1) is 99.6. The van der Waals surface area contributed by atoms with Gasteiger partial charge in [0.05, 0.1) is 46.4 Å². The van der Waals surface area contributed by atoms with Crippen LogP contribution >= 0.6 is 24.2 Å². The largest absolute Gasteiger partial charge is 0.497 e. The third-order valence-electron chi connectivity index (χ3n) is 21.5. The quantitative estimate of drug-likeness (QED) is 0.00906. The number of nitrogens with two attached hydrogens (primary N) is 2. The summed E-state index contributed by atoms with van der Waals surface area (Å²) in [6.45, 7) is 12.3. The van der Waals surface area contributed by atoms with Crippen LogP contribution in [0.5, 0.6) is 17.2 Å². The average Bonchev–Trinajstić information content (AvgIpc) is 1.67. The number of carboxylic acids is 1. The molecule has 41 heteroatoms. The molecule has 3 aliphatic rings. The molecule has 680 valence electrons. The van der Waals surface area contributed by atoms with E-state index in [0.29, 0.717) is 64.3 Å². The summed E-state index contributed by atoms with van der Waals surface area (Å²) in [5.74, 6) is -13.1. The molecule has 1 aromatic heterocycles. The molecule has 39 nitrogen and oxygen atoms in total. The zero-order valence-corrected chi connectivity index (χ0v) is 73.3. The van der Waals surface area contributed by atoms with Crippen molar-refractivity contribution in [2.75, 3.05) is 60.6 Å². The minimum absolute atomic E-state index is 0.0106. The zero-order valence-electron chi connectivity index (χ0n) is 71.6. The maximum atomic E-state index is 15.0. The predicted octanol–water partition coefficient (Wildman–Crippen LogP) is -0.0565. The van der Waals surface area contributed by atoms with Gasteiger partial charge in [-0.25, -0.2) is 0 Å². The first-order valence-electron chi connectivity index (χ1n) is 41.4. The summed E-state index contributed by atoms with van der Waals surface area (Å²) < 4.78 is 22.3. The summed E-state index contributed by atoms with van der Waals surface area (Å²) in [5.41, 5.74) is 12.8. The lowest BCUT2D eigenvalue weighted by atomic mass is 10.0. The fourth-order valence-corrected chi connectivity index (χ4v) is 15.3. The number of aliphatic hydroxyl groups is 1. The molecule has 0 spiro atoms. The van der Waals surface area contributed by atoms with Crippen LogP contribution in [0.3, 0.4) is 0 Å². The minimum atomic E-state index is -1.88. The van der Waals surface area contributed by atoms with E-state index in [-0.39, 0.29) is 118 Å². The van der Waals surface area contributed by atoms with E-state index >= 15 is 0 Å². The van der Waals surface area contributed by atoms with Gasteiger partial charge in [-0.3, -0.25) is 82.6 Å². The molecule has 2 unspecified atom stereocenters. The lowest BCUT2D eigenvalue weighted by Gasteiger charge is -2.32. The second-order valence-corrected chi connectivity index (χ2v) is 33.1. The van der Waals surface area contributed by atoms with Crippen molar-refractivity contribution in [3.8, 4) is 17.2 Å². The van der Waals surface area contributed by atoms with Gasteiger partial charge in [-0.05, 0) is 151 Å². The fourth-order valence-electron chi connectivity index (χ4n) is 15.0. The molecular formula is C83H119ClN18O21S. The number of β-amino-alcohol motifs (C(OH)–C–C–N with tert-alkyl or cyclic N) is 1. The van der Waals surface area contributed by atoms with Crippen molar-refractivity contribution in [1.82, 2.24) is 78.5 Å². The highest BCUT2D eigenvalue weighted by molar-refractivity contribution is 7.80. The van der Waals surface area contributed by atoms with Gasteiger partial charge in [-0.2, -0.15) is 12.6 Å². The van der Waals surface area contributed by atoms with Crippen molar-refractivity contribution < 1.29 is 101 Å². The Hall–Kier alpha value is -11.5. The highest BCUT2D eigenvalue weighted by Gasteiger charge is 2.46. The van der Waals surface area contributed by atoms with Gasteiger partial charge in [0.25, 0.3) is 5.91 Å². The summed E-state index contributed by atoms with van der Waals surface area (Å²) in [6, 6.07) is -0.0578. The SMILES string of the molecule is COc1ccc(C[C@H](NC(=O)[C@H](C)NC(=O)[C@H](CC(C)C)NC(=O)c2oc3c(OC)c(OC)ccc3c2C)C(=O)N2CCC[C@H]2C(=O)N[C@@H](CC(=O)O)C(=O)N[C@@H](C)C(=O)N[C@H](C(=O)N2C[C@H](O)C[C@H]2C(=O)N[C@@H](Cc2ccc(Cl)cc2)C(=O)N[C@@H](CCCNC(=N)N)C(=O)N2CCC[C@H]2C(=O)NCC(=O)NCCCCC(NC(C)S)C(N)=O)C(C)C)cc1. The third-order valence-corrected chi connectivity index (χ3v) is 21.9. The summed E-state index contributed by atoms with van der Waals surface area (Å²) in [5, 5.41) is 61.6. The molecule has 19 N–H and O–H groups in total. The summed E-state index contributed by atoms with van der Waals surface area (Å²) >= 11 is 10.5. The number of benzene rings is 3. The highest BCUT2D eigenvalue weighted by atomic mass is 35.5. The lowest BCUT2D eigenvalue weighted by molar-refractivity contribution is -0.144. The van der Waals surface area contributed by atoms with Gasteiger partial charge in [0.1, 0.15) is 72.2 Å². The molecule has 0 radical (unpaired) electrons. The minimum Gasteiger partial charge on any atom is -0.497 e. The number of carbonyl (C=O) groups is 15. The van der Waals surface area contributed by atoms with Crippen molar-refractivity contribution in [3.05, 3.63) is 88.1 Å². The number of unbranched alkanes of at least 4 members (excludes halogenated alkanes) is 1.